The highest BCUT2D eigenvalue weighted by atomic mass is 35.5. The minimum Gasteiger partial charge on any atom is -0.473 e. The van der Waals surface area contributed by atoms with Crippen molar-refractivity contribution in [2.24, 2.45) is 0 Å². The Morgan fingerprint density at radius 2 is 2.00 bits per heavy atom. The van der Waals surface area contributed by atoms with E-state index in [1.807, 2.05) is 57.2 Å². The lowest BCUT2D eigenvalue weighted by molar-refractivity contribution is -0.0914. The standard InChI is InChI=1S/C24H30ClN3O4/c1-24(2,3)32-23(29)28-10-9-27-14-21(30-16-19(27)13-28)20-11-18(25)12-26-22(20)31-15-17-7-5-4-6-8-17/h4-8,11-12,19,21H,9-10,13-16H2,1-3H3/t19-,21-/m0/s1. The van der Waals surface area contributed by atoms with Crippen molar-refractivity contribution in [1.82, 2.24) is 14.8 Å². The summed E-state index contributed by atoms with van der Waals surface area (Å²) in [5, 5.41) is 0.549. The molecule has 0 N–H and O–H groups in total. The number of rotatable bonds is 4. The zero-order chi connectivity index (χ0) is 22.7. The van der Waals surface area contributed by atoms with Crippen LogP contribution in [0.5, 0.6) is 5.88 Å². The van der Waals surface area contributed by atoms with Crippen molar-refractivity contribution >= 4 is 17.7 Å². The van der Waals surface area contributed by atoms with Crippen LogP contribution in [0.1, 0.15) is 38.0 Å². The number of hydrogen-bond acceptors (Lipinski definition) is 6. The quantitative estimate of drug-likeness (QED) is 0.679. The van der Waals surface area contributed by atoms with E-state index in [2.05, 4.69) is 9.88 Å². The fraction of sp³-hybridized carbons (Fsp3) is 0.500. The lowest BCUT2D eigenvalue weighted by Crippen LogP contribution is -2.60. The third kappa shape index (κ3) is 5.71. The molecule has 8 heteroatoms. The number of benzene rings is 1. The van der Waals surface area contributed by atoms with Crippen LogP contribution in [-0.4, -0.2) is 65.3 Å². The van der Waals surface area contributed by atoms with Crippen molar-refractivity contribution in [1.29, 1.82) is 0 Å². The maximum Gasteiger partial charge on any atom is 0.410 e. The van der Waals surface area contributed by atoms with Crippen molar-refractivity contribution in [3.63, 3.8) is 0 Å². The second kappa shape index (κ2) is 9.65. The van der Waals surface area contributed by atoms with Gasteiger partial charge in [-0.25, -0.2) is 9.78 Å². The Balaban J connectivity index is 1.41. The predicted octanol–water partition coefficient (Wildman–Crippen LogP) is 4.31. The third-order valence-corrected chi connectivity index (χ3v) is 5.76. The molecule has 0 aliphatic carbocycles. The fourth-order valence-corrected chi connectivity index (χ4v) is 4.15. The Labute approximate surface area is 194 Å². The molecule has 1 aromatic carbocycles. The highest BCUT2D eigenvalue weighted by molar-refractivity contribution is 6.30. The van der Waals surface area contributed by atoms with Gasteiger partial charge in [0, 0.05) is 37.9 Å². The molecule has 2 fully saturated rings. The summed E-state index contributed by atoms with van der Waals surface area (Å²) in [7, 11) is 0. The van der Waals surface area contributed by atoms with E-state index in [0.29, 0.717) is 43.8 Å². The zero-order valence-electron chi connectivity index (χ0n) is 18.8. The van der Waals surface area contributed by atoms with Crippen LogP contribution in [0.15, 0.2) is 42.6 Å². The van der Waals surface area contributed by atoms with Gasteiger partial charge in [-0.2, -0.15) is 0 Å². The minimum absolute atomic E-state index is 0.133. The number of morpholine rings is 1. The number of carbonyl (C=O) groups is 1. The van der Waals surface area contributed by atoms with Gasteiger partial charge in [0.25, 0.3) is 0 Å². The molecule has 2 aliphatic rings. The van der Waals surface area contributed by atoms with Gasteiger partial charge in [0.05, 0.1) is 17.7 Å². The molecule has 2 saturated heterocycles. The summed E-state index contributed by atoms with van der Waals surface area (Å²) >= 11 is 6.25. The SMILES string of the molecule is CC(C)(C)OC(=O)N1CCN2C[C@@H](c3cc(Cl)cnc3OCc3ccccc3)OC[C@@H]2C1. The Hall–Kier alpha value is -2.35. The summed E-state index contributed by atoms with van der Waals surface area (Å²) in [6, 6.07) is 12.0. The van der Waals surface area contributed by atoms with Gasteiger partial charge in [-0.05, 0) is 32.4 Å². The molecule has 1 amide bonds. The number of amides is 1. The maximum atomic E-state index is 12.4. The summed E-state index contributed by atoms with van der Waals surface area (Å²) in [6.45, 7) is 9.25. The average Bonchev–Trinajstić information content (AvgIpc) is 2.77. The first-order chi connectivity index (χ1) is 15.3. The van der Waals surface area contributed by atoms with Crippen molar-refractivity contribution in [2.45, 2.75) is 45.1 Å². The summed E-state index contributed by atoms with van der Waals surface area (Å²) in [4.78, 5) is 21.0. The van der Waals surface area contributed by atoms with Crippen LogP contribution >= 0.6 is 11.6 Å². The lowest BCUT2D eigenvalue weighted by Gasteiger charge is -2.46. The van der Waals surface area contributed by atoms with Gasteiger partial charge < -0.3 is 19.1 Å². The van der Waals surface area contributed by atoms with Crippen LogP contribution in [0, 0.1) is 0 Å². The number of nitrogens with zero attached hydrogens (tertiary/aromatic N) is 3. The van der Waals surface area contributed by atoms with Crippen molar-refractivity contribution in [3.05, 3.63) is 58.7 Å². The molecule has 0 radical (unpaired) electrons. The molecule has 1 aromatic heterocycles. The molecule has 4 rings (SSSR count). The number of hydrogen-bond donors (Lipinski definition) is 0. The van der Waals surface area contributed by atoms with Gasteiger partial charge >= 0.3 is 6.09 Å². The summed E-state index contributed by atoms with van der Waals surface area (Å²) in [5.41, 5.74) is 1.41. The lowest BCUT2D eigenvalue weighted by atomic mass is 10.0. The molecule has 32 heavy (non-hydrogen) atoms. The van der Waals surface area contributed by atoms with E-state index >= 15 is 0 Å². The number of pyridine rings is 1. The van der Waals surface area contributed by atoms with E-state index in [0.717, 1.165) is 17.7 Å². The van der Waals surface area contributed by atoms with Gasteiger partial charge in [-0.15, -0.1) is 0 Å². The van der Waals surface area contributed by atoms with Gasteiger partial charge in [-0.3, -0.25) is 4.90 Å². The van der Waals surface area contributed by atoms with Crippen LogP contribution in [0.2, 0.25) is 5.02 Å². The van der Waals surface area contributed by atoms with Gasteiger partial charge in [-0.1, -0.05) is 41.9 Å². The van der Waals surface area contributed by atoms with Gasteiger partial charge in [0.2, 0.25) is 5.88 Å². The molecule has 0 spiro atoms. The van der Waals surface area contributed by atoms with Crippen LogP contribution in [0.3, 0.4) is 0 Å². The molecule has 7 nitrogen and oxygen atoms in total. The smallest absolute Gasteiger partial charge is 0.410 e. The van der Waals surface area contributed by atoms with E-state index in [1.54, 1.807) is 11.1 Å². The van der Waals surface area contributed by atoms with Crippen molar-refractivity contribution in [3.8, 4) is 5.88 Å². The average molecular weight is 460 g/mol. The predicted molar refractivity (Wildman–Crippen MR) is 122 cm³/mol. The third-order valence-electron chi connectivity index (χ3n) is 5.56. The molecule has 0 bridgehead atoms. The Morgan fingerprint density at radius 1 is 1.22 bits per heavy atom. The molecule has 172 valence electrons. The first kappa shape index (κ1) is 22.8. The second-order valence-corrected chi connectivity index (χ2v) is 9.66. The first-order valence-corrected chi connectivity index (χ1v) is 11.3. The number of ether oxygens (including phenoxy) is 3. The number of carbonyl (C=O) groups excluding carboxylic acids is 1. The minimum atomic E-state index is -0.502. The van der Waals surface area contributed by atoms with Crippen LogP contribution in [0.4, 0.5) is 4.79 Å². The second-order valence-electron chi connectivity index (χ2n) is 9.22. The van der Waals surface area contributed by atoms with Crippen LogP contribution in [-0.2, 0) is 16.1 Å². The summed E-state index contributed by atoms with van der Waals surface area (Å²) in [5.74, 6) is 0.536. The highest BCUT2D eigenvalue weighted by Gasteiger charge is 2.37. The normalized spacial score (nSPS) is 21.7. The number of piperazine rings is 1. The topological polar surface area (TPSA) is 64.1 Å². The molecular weight excluding hydrogens is 430 g/mol. The molecule has 0 unspecified atom stereocenters. The Bertz CT molecular complexity index is 935. The molecule has 2 atom stereocenters. The van der Waals surface area contributed by atoms with E-state index in [4.69, 9.17) is 25.8 Å². The van der Waals surface area contributed by atoms with E-state index in [1.165, 1.54) is 0 Å². The zero-order valence-corrected chi connectivity index (χ0v) is 19.5. The monoisotopic (exact) mass is 459 g/mol. The highest BCUT2D eigenvalue weighted by Crippen LogP contribution is 2.33. The molecule has 2 aliphatic heterocycles. The van der Waals surface area contributed by atoms with Gasteiger partial charge in [0.15, 0.2) is 0 Å². The first-order valence-electron chi connectivity index (χ1n) is 10.9. The number of halogens is 1. The number of aromatic nitrogens is 1. The maximum absolute atomic E-state index is 12.4. The van der Waals surface area contributed by atoms with E-state index in [9.17, 15) is 4.79 Å². The largest absolute Gasteiger partial charge is 0.473 e. The Kier molecular flexibility index (Phi) is 6.88. The van der Waals surface area contributed by atoms with Gasteiger partial charge in [0.1, 0.15) is 18.3 Å². The number of fused-ring (bicyclic) bond motifs is 1. The molecular formula is C24H30ClN3O4. The van der Waals surface area contributed by atoms with Crippen molar-refractivity contribution < 1.29 is 19.0 Å². The van der Waals surface area contributed by atoms with Crippen molar-refractivity contribution in [2.75, 3.05) is 32.8 Å². The molecule has 2 aromatic rings. The molecule has 0 saturated carbocycles. The van der Waals surface area contributed by atoms with E-state index in [-0.39, 0.29) is 18.2 Å². The molecule has 3 heterocycles. The van der Waals surface area contributed by atoms with E-state index < -0.39 is 5.60 Å². The Morgan fingerprint density at radius 3 is 2.75 bits per heavy atom. The van der Waals surface area contributed by atoms with Crippen LogP contribution < -0.4 is 4.74 Å². The fourth-order valence-electron chi connectivity index (χ4n) is 3.98. The van der Waals surface area contributed by atoms with Crippen LogP contribution in [0.25, 0.3) is 0 Å². The summed E-state index contributed by atoms with van der Waals surface area (Å²) < 4.78 is 17.8. The summed E-state index contributed by atoms with van der Waals surface area (Å²) in [6.07, 6.45) is 1.13.